The number of nitrogens with one attached hydrogen (secondary N) is 1. The van der Waals surface area contributed by atoms with Gasteiger partial charge in [-0.2, -0.15) is 0 Å². The molecule has 1 aromatic heterocycles. The smallest absolute Gasteiger partial charge is 0.0569 e. The molecular formula is C17H15ClN2. The molecule has 0 amide bonds. The van der Waals surface area contributed by atoms with Crippen molar-refractivity contribution in [3.8, 4) is 0 Å². The van der Waals surface area contributed by atoms with Crippen LogP contribution in [0.25, 0.3) is 0 Å². The van der Waals surface area contributed by atoms with E-state index in [9.17, 15) is 0 Å². The molecule has 2 heterocycles. The molecule has 4 rings (SSSR count). The maximum atomic E-state index is 6.16. The first-order chi connectivity index (χ1) is 9.83. The van der Waals surface area contributed by atoms with Gasteiger partial charge < -0.3 is 5.32 Å². The summed E-state index contributed by atoms with van der Waals surface area (Å²) < 4.78 is 0. The number of halogens is 1. The summed E-state index contributed by atoms with van der Waals surface area (Å²) in [6, 6.07) is 10.6. The molecule has 0 spiro atoms. The summed E-state index contributed by atoms with van der Waals surface area (Å²) >= 11 is 6.16. The SMILES string of the molecule is Clc1ccc2c(c1)[C@@H]1C=CC[C@H]1[C@H](c1cccnc1)N2. The number of nitrogens with zero attached hydrogens (tertiary/aromatic N) is 1. The Labute approximate surface area is 123 Å². The van der Waals surface area contributed by atoms with Crippen LogP contribution in [-0.4, -0.2) is 4.98 Å². The Bertz CT molecular complexity index is 666. The second-order valence-corrected chi connectivity index (χ2v) is 5.93. The molecule has 0 bridgehead atoms. The lowest BCUT2D eigenvalue weighted by Crippen LogP contribution is -2.29. The number of rotatable bonds is 1. The van der Waals surface area contributed by atoms with E-state index in [2.05, 4.69) is 40.7 Å². The molecule has 2 aromatic rings. The van der Waals surface area contributed by atoms with Crippen LogP contribution in [0.3, 0.4) is 0 Å². The van der Waals surface area contributed by atoms with Crippen molar-refractivity contribution in [1.29, 1.82) is 0 Å². The molecule has 3 atom stereocenters. The summed E-state index contributed by atoms with van der Waals surface area (Å²) in [5, 5.41) is 4.48. The van der Waals surface area contributed by atoms with E-state index in [1.165, 1.54) is 16.8 Å². The van der Waals surface area contributed by atoms with Gasteiger partial charge in [-0.1, -0.05) is 29.8 Å². The molecule has 2 aliphatic rings. The Morgan fingerprint density at radius 2 is 2.20 bits per heavy atom. The number of allylic oxidation sites excluding steroid dienone is 2. The molecule has 100 valence electrons. The van der Waals surface area contributed by atoms with Gasteiger partial charge in [0.25, 0.3) is 0 Å². The number of aromatic nitrogens is 1. The van der Waals surface area contributed by atoms with Crippen molar-refractivity contribution in [2.24, 2.45) is 5.92 Å². The minimum atomic E-state index is 0.317. The van der Waals surface area contributed by atoms with Gasteiger partial charge in [-0.05, 0) is 47.7 Å². The lowest BCUT2D eigenvalue weighted by atomic mass is 9.77. The highest BCUT2D eigenvalue weighted by atomic mass is 35.5. The predicted molar refractivity (Wildman–Crippen MR) is 82.0 cm³/mol. The number of anilines is 1. The first-order valence-corrected chi connectivity index (χ1v) is 7.33. The van der Waals surface area contributed by atoms with Gasteiger partial charge in [-0.15, -0.1) is 0 Å². The zero-order valence-electron chi connectivity index (χ0n) is 11.0. The van der Waals surface area contributed by atoms with Gasteiger partial charge in [0.2, 0.25) is 0 Å². The highest BCUT2D eigenvalue weighted by Crippen LogP contribution is 2.50. The van der Waals surface area contributed by atoms with E-state index in [-0.39, 0.29) is 0 Å². The second kappa shape index (κ2) is 4.64. The zero-order valence-corrected chi connectivity index (χ0v) is 11.7. The number of benzene rings is 1. The monoisotopic (exact) mass is 282 g/mol. The summed E-state index contributed by atoms with van der Waals surface area (Å²) in [5.74, 6) is 1.00. The van der Waals surface area contributed by atoms with Crippen molar-refractivity contribution in [3.63, 3.8) is 0 Å². The average Bonchev–Trinajstić information content (AvgIpc) is 2.97. The van der Waals surface area contributed by atoms with Gasteiger partial charge in [0.15, 0.2) is 0 Å². The molecule has 0 unspecified atom stereocenters. The average molecular weight is 283 g/mol. The van der Waals surface area contributed by atoms with Crippen LogP contribution in [-0.2, 0) is 0 Å². The van der Waals surface area contributed by atoms with E-state index in [1.54, 1.807) is 0 Å². The van der Waals surface area contributed by atoms with Crippen LogP contribution in [0, 0.1) is 5.92 Å². The Morgan fingerprint density at radius 3 is 3.05 bits per heavy atom. The van der Waals surface area contributed by atoms with Crippen molar-refractivity contribution in [2.45, 2.75) is 18.4 Å². The lowest BCUT2D eigenvalue weighted by molar-refractivity contribution is 0.425. The molecule has 1 aliphatic carbocycles. The van der Waals surface area contributed by atoms with Crippen LogP contribution in [0.2, 0.25) is 5.02 Å². The van der Waals surface area contributed by atoms with E-state index in [0.717, 1.165) is 11.4 Å². The number of hydrogen-bond donors (Lipinski definition) is 1. The van der Waals surface area contributed by atoms with Gasteiger partial charge >= 0.3 is 0 Å². The van der Waals surface area contributed by atoms with E-state index >= 15 is 0 Å². The largest absolute Gasteiger partial charge is 0.378 e. The Kier molecular flexibility index (Phi) is 2.78. The predicted octanol–water partition coefficient (Wildman–Crippen LogP) is 4.56. The zero-order chi connectivity index (χ0) is 13.5. The third kappa shape index (κ3) is 1.83. The van der Waals surface area contributed by atoms with Crippen molar-refractivity contribution in [3.05, 3.63) is 71.0 Å². The van der Waals surface area contributed by atoms with Gasteiger partial charge in [0, 0.05) is 29.0 Å². The van der Waals surface area contributed by atoms with Crippen molar-refractivity contribution in [1.82, 2.24) is 4.98 Å². The summed E-state index contributed by atoms with van der Waals surface area (Å²) in [6.45, 7) is 0. The van der Waals surface area contributed by atoms with Crippen molar-refractivity contribution < 1.29 is 0 Å². The highest BCUT2D eigenvalue weighted by molar-refractivity contribution is 6.30. The molecule has 2 nitrogen and oxygen atoms in total. The second-order valence-electron chi connectivity index (χ2n) is 5.49. The first kappa shape index (κ1) is 12.0. The molecule has 1 aliphatic heterocycles. The molecule has 1 aromatic carbocycles. The quantitative estimate of drug-likeness (QED) is 0.776. The van der Waals surface area contributed by atoms with Crippen molar-refractivity contribution in [2.75, 3.05) is 5.32 Å². The molecule has 0 fully saturated rings. The minimum absolute atomic E-state index is 0.317. The molecule has 0 radical (unpaired) electrons. The maximum absolute atomic E-state index is 6.16. The number of fused-ring (bicyclic) bond motifs is 3. The van der Waals surface area contributed by atoms with Crippen LogP contribution in [0.4, 0.5) is 5.69 Å². The van der Waals surface area contributed by atoms with E-state index in [4.69, 9.17) is 11.6 Å². The minimum Gasteiger partial charge on any atom is -0.378 e. The molecule has 0 saturated carbocycles. The van der Waals surface area contributed by atoms with Crippen LogP contribution in [0.5, 0.6) is 0 Å². The van der Waals surface area contributed by atoms with Gasteiger partial charge in [-0.3, -0.25) is 4.98 Å². The summed E-state index contributed by atoms with van der Waals surface area (Å²) in [7, 11) is 0. The Balaban J connectivity index is 1.80. The molecule has 3 heteroatoms. The van der Waals surface area contributed by atoms with Gasteiger partial charge in [0.1, 0.15) is 0 Å². The maximum Gasteiger partial charge on any atom is 0.0569 e. The van der Waals surface area contributed by atoms with E-state index < -0.39 is 0 Å². The standard InChI is InChI=1S/C17H15ClN2/c18-12-6-7-16-15(9-12)13-4-1-5-14(13)17(20-16)11-3-2-8-19-10-11/h1-4,6-10,13-14,17,20H,5H2/t13-,14-,17+/m1/s1. The Hall–Kier alpha value is -1.80. The van der Waals surface area contributed by atoms with Crippen LogP contribution < -0.4 is 5.32 Å². The number of pyridine rings is 1. The molecule has 1 N–H and O–H groups in total. The fourth-order valence-electron chi connectivity index (χ4n) is 3.46. The Morgan fingerprint density at radius 1 is 1.25 bits per heavy atom. The van der Waals surface area contributed by atoms with E-state index in [0.29, 0.717) is 17.9 Å². The summed E-state index contributed by atoms with van der Waals surface area (Å²) in [5.41, 5.74) is 3.76. The van der Waals surface area contributed by atoms with Gasteiger partial charge in [-0.25, -0.2) is 0 Å². The normalized spacial score (nSPS) is 26.8. The summed E-state index contributed by atoms with van der Waals surface area (Å²) in [4.78, 5) is 4.26. The van der Waals surface area contributed by atoms with Crippen LogP contribution in [0.1, 0.15) is 29.5 Å². The third-order valence-corrected chi connectivity index (χ3v) is 4.60. The van der Waals surface area contributed by atoms with Gasteiger partial charge in [0.05, 0.1) is 6.04 Å². The topological polar surface area (TPSA) is 24.9 Å². The highest BCUT2D eigenvalue weighted by Gasteiger charge is 2.37. The van der Waals surface area contributed by atoms with Crippen LogP contribution in [0.15, 0.2) is 54.9 Å². The molecule has 0 saturated heterocycles. The number of hydrogen-bond acceptors (Lipinski definition) is 2. The molecule has 20 heavy (non-hydrogen) atoms. The lowest BCUT2D eigenvalue weighted by Gasteiger charge is -2.37. The fourth-order valence-corrected chi connectivity index (χ4v) is 3.64. The van der Waals surface area contributed by atoms with Crippen molar-refractivity contribution >= 4 is 17.3 Å². The summed E-state index contributed by atoms with van der Waals surface area (Å²) in [6.07, 6.45) is 9.50. The molecular weight excluding hydrogens is 268 g/mol. The van der Waals surface area contributed by atoms with Crippen LogP contribution >= 0.6 is 11.6 Å². The third-order valence-electron chi connectivity index (χ3n) is 4.37. The first-order valence-electron chi connectivity index (χ1n) is 6.95. The fraction of sp³-hybridized carbons (Fsp3) is 0.235. The van der Waals surface area contributed by atoms with E-state index in [1.807, 2.05) is 24.5 Å².